The van der Waals surface area contributed by atoms with Crippen LogP contribution >= 0.6 is 11.3 Å². The molecular formula is C22H23N3O6S2. The molecule has 0 spiro atoms. The van der Waals surface area contributed by atoms with E-state index in [9.17, 15) is 13.2 Å². The molecule has 0 aliphatic carbocycles. The number of aromatic nitrogens is 1. The quantitative estimate of drug-likeness (QED) is 0.543. The summed E-state index contributed by atoms with van der Waals surface area (Å²) in [7, 11) is 0.879. The number of carbonyl (C=O) groups excluding carboxylic acids is 1. The number of hydrogen-bond acceptors (Lipinski definition) is 8. The Bertz CT molecular complexity index is 1270. The van der Waals surface area contributed by atoms with Gasteiger partial charge in [-0.2, -0.15) is 4.31 Å². The molecule has 0 unspecified atom stereocenters. The van der Waals surface area contributed by atoms with E-state index >= 15 is 0 Å². The van der Waals surface area contributed by atoms with E-state index in [-0.39, 0.29) is 17.3 Å². The third-order valence-electron chi connectivity index (χ3n) is 5.27. The van der Waals surface area contributed by atoms with Crippen molar-refractivity contribution in [3.05, 3.63) is 58.6 Å². The fourth-order valence-corrected chi connectivity index (χ4v) is 5.99. The topological polar surface area (TPSA) is 107 Å². The van der Waals surface area contributed by atoms with Gasteiger partial charge in [-0.05, 0) is 36.4 Å². The minimum atomic E-state index is -3.66. The van der Waals surface area contributed by atoms with Gasteiger partial charge in [0.2, 0.25) is 10.0 Å². The number of methoxy groups -OCH3 is 3. The highest BCUT2D eigenvalue weighted by Crippen LogP contribution is 2.32. The van der Waals surface area contributed by atoms with Crippen LogP contribution in [0.2, 0.25) is 0 Å². The standard InChI is InChI=1S/C22H23N3O6S2/c1-29-14-4-7-16(8-5-14)33(27,28)25-11-10-18-20(13-25)32-22(23-18)24-21(26)17-9-6-15(30-2)12-19(17)31-3/h4-9,12H,10-11,13H2,1-3H3,(H,23,24,26). The molecule has 174 valence electrons. The van der Waals surface area contributed by atoms with Crippen molar-refractivity contribution in [1.29, 1.82) is 0 Å². The van der Waals surface area contributed by atoms with Crippen LogP contribution in [0.5, 0.6) is 17.2 Å². The van der Waals surface area contributed by atoms with E-state index in [1.54, 1.807) is 30.3 Å². The van der Waals surface area contributed by atoms with E-state index in [0.717, 1.165) is 10.6 Å². The summed E-state index contributed by atoms with van der Waals surface area (Å²) in [5.74, 6) is 1.17. The average Bonchev–Trinajstić information content (AvgIpc) is 3.24. The number of nitrogens with one attached hydrogen (secondary N) is 1. The first-order chi connectivity index (χ1) is 15.8. The van der Waals surface area contributed by atoms with E-state index in [0.29, 0.717) is 40.9 Å². The Labute approximate surface area is 196 Å². The minimum Gasteiger partial charge on any atom is -0.497 e. The van der Waals surface area contributed by atoms with Crippen LogP contribution in [-0.2, 0) is 23.0 Å². The number of amides is 1. The number of carbonyl (C=O) groups is 1. The zero-order valence-electron chi connectivity index (χ0n) is 18.3. The summed E-state index contributed by atoms with van der Waals surface area (Å²) in [5.41, 5.74) is 1.13. The number of fused-ring (bicyclic) bond motifs is 1. The Kier molecular flexibility index (Phi) is 6.54. The van der Waals surface area contributed by atoms with Gasteiger partial charge in [-0.3, -0.25) is 10.1 Å². The highest BCUT2D eigenvalue weighted by Gasteiger charge is 2.30. The van der Waals surface area contributed by atoms with Gasteiger partial charge in [-0.15, -0.1) is 11.3 Å². The molecule has 0 atom stereocenters. The maximum Gasteiger partial charge on any atom is 0.261 e. The number of benzene rings is 2. The van der Waals surface area contributed by atoms with Crippen LogP contribution in [0.15, 0.2) is 47.4 Å². The van der Waals surface area contributed by atoms with Crippen LogP contribution in [0.4, 0.5) is 5.13 Å². The van der Waals surface area contributed by atoms with E-state index in [4.69, 9.17) is 14.2 Å². The van der Waals surface area contributed by atoms with E-state index in [2.05, 4.69) is 10.3 Å². The lowest BCUT2D eigenvalue weighted by molar-refractivity contribution is 0.102. The van der Waals surface area contributed by atoms with E-state index in [1.807, 2.05) is 0 Å². The van der Waals surface area contributed by atoms with Crippen molar-refractivity contribution in [2.75, 3.05) is 33.2 Å². The van der Waals surface area contributed by atoms with Gasteiger partial charge in [0.25, 0.3) is 5.91 Å². The number of thiazole rings is 1. The molecule has 3 aromatic rings. The Morgan fingerprint density at radius 2 is 1.73 bits per heavy atom. The summed E-state index contributed by atoms with van der Waals surface area (Å²) in [4.78, 5) is 18.3. The van der Waals surface area contributed by atoms with Crippen molar-refractivity contribution in [3.8, 4) is 17.2 Å². The molecule has 9 nitrogen and oxygen atoms in total. The van der Waals surface area contributed by atoms with Crippen LogP contribution in [0.3, 0.4) is 0 Å². The molecule has 1 aliphatic heterocycles. The van der Waals surface area contributed by atoms with Crippen LogP contribution in [0, 0.1) is 0 Å². The molecule has 0 saturated carbocycles. The summed E-state index contributed by atoms with van der Waals surface area (Å²) >= 11 is 1.27. The van der Waals surface area contributed by atoms with Crippen LogP contribution in [0.25, 0.3) is 0 Å². The predicted molar refractivity (Wildman–Crippen MR) is 124 cm³/mol. The first kappa shape index (κ1) is 23.0. The summed E-state index contributed by atoms with van der Waals surface area (Å²) in [6.07, 6.45) is 0.461. The third kappa shape index (κ3) is 4.65. The summed E-state index contributed by atoms with van der Waals surface area (Å²) in [6, 6.07) is 11.2. The smallest absolute Gasteiger partial charge is 0.261 e. The third-order valence-corrected chi connectivity index (χ3v) is 8.12. The van der Waals surface area contributed by atoms with Gasteiger partial charge in [0, 0.05) is 23.9 Å². The number of ether oxygens (including phenoxy) is 3. The first-order valence-corrected chi connectivity index (χ1v) is 12.3. The molecule has 2 heterocycles. The second kappa shape index (κ2) is 9.38. The van der Waals surface area contributed by atoms with Gasteiger partial charge in [-0.1, -0.05) is 0 Å². The maximum absolute atomic E-state index is 13.1. The molecule has 33 heavy (non-hydrogen) atoms. The molecule has 0 radical (unpaired) electrons. The highest BCUT2D eigenvalue weighted by atomic mass is 32.2. The second-order valence-corrected chi connectivity index (χ2v) is 10.2. The van der Waals surface area contributed by atoms with Gasteiger partial charge in [-0.25, -0.2) is 13.4 Å². The lowest BCUT2D eigenvalue weighted by Gasteiger charge is -2.25. The van der Waals surface area contributed by atoms with Crippen molar-refractivity contribution in [2.45, 2.75) is 17.9 Å². The number of sulfonamides is 1. The number of rotatable bonds is 7. The lowest BCUT2D eigenvalue weighted by atomic mass is 10.2. The molecule has 1 aromatic heterocycles. The first-order valence-electron chi connectivity index (χ1n) is 10.0. The summed E-state index contributed by atoms with van der Waals surface area (Å²) in [5, 5.41) is 3.20. The van der Waals surface area contributed by atoms with Gasteiger partial charge >= 0.3 is 0 Å². The molecule has 11 heteroatoms. The summed E-state index contributed by atoms with van der Waals surface area (Å²) < 4.78 is 43.1. The van der Waals surface area contributed by atoms with Crippen LogP contribution < -0.4 is 19.5 Å². The molecule has 0 bridgehead atoms. The molecule has 0 saturated heterocycles. The zero-order valence-corrected chi connectivity index (χ0v) is 20.0. The number of nitrogens with zero attached hydrogens (tertiary/aromatic N) is 2. The van der Waals surface area contributed by atoms with Crippen molar-refractivity contribution >= 4 is 32.4 Å². The molecule has 2 aromatic carbocycles. The monoisotopic (exact) mass is 489 g/mol. The second-order valence-electron chi connectivity index (χ2n) is 7.17. The largest absolute Gasteiger partial charge is 0.497 e. The van der Waals surface area contributed by atoms with Gasteiger partial charge < -0.3 is 14.2 Å². The molecule has 1 aliphatic rings. The van der Waals surface area contributed by atoms with Crippen molar-refractivity contribution in [2.24, 2.45) is 0 Å². The predicted octanol–water partition coefficient (Wildman–Crippen LogP) is 3.17. The van der Waals surface area contributed by atoms with Crippen molar-refractivity contribution in [3.63, 3.8) is 0 Å². The van der Waals surface area contributed by atoms with Crippen LogP contribution in [0.1, 0.15) is 20.9 Å². The Hall–Kier alpha value is -3.15. The van der Waals surface area contributed by atoms with E-state index in [1.165, 1.54) is 49.1 Å². The van der Waals surface area contributed by atoms with Gasteiger partial charge in [0.1, 0.15) is 17.2 Å². The van der Waals surface area contributed by atoms with Crippen LogP contribution in [-0.4, -0.2) is 51.5 Å². The Morgan fingerprint density at radius 1 is 1.03 bits per heavy atom. The average molecular weight is 490 g/mol. The normalized spacial score (nSPS) is 13.8. The molecular weight excluding hydrogens is 466 g/mol. The minimum absolute atomic E-state index is 0.198. The highest BCUT2D eigenvalue weighted by molar-refractivity contribution is 7.89. The van der Waals surface area contributed by atoms with E-state index < -0.39 is 10.0 Å². The van der Waals surface area contributed by atoms with Gasteiger partial charge in [0.15, 0.2) is 5.13 Å². The summed E-state index contributed by atoms with van der Waals surface area (Å²) in [6.45, 7) is 0.508. The molecule has 1 amide bonds. The fraction of sp³-hybridized carbons (Fsp3) is 0.273. The lowest BCUT2D eigenvalue weighted by Crippen LogP contribution is -2.35. The van der Waals surface area contributed by atoms with Crippen molar-refractivity contribution in [1.82, 2.24) is 9.29 Å². The SMILES string of the molecule is COc1ccc(S(=O)(=O)N2CCc3nc(NC(=O)c4ccc(OC)cc4OC)sc3C2)cc1. The van der Waals surface area contributed by atoms with Gasteiger partial charge in [0.05, 0.1) is 44.0 Å². The Morgan fingerprint density at radius 3 is 2.39 bits per heavy atom. The zero-order chi connectivity index (χ0) is 23.6. The molecule has 0 fully saturated rings. The number of anilines is 1. The Balaban J connectivity index is 1.50. The van der Waals surface area contributed by atoms with Crippen molar-refractivity contribution < 1.29 is 27.4 Å². The molecule has 4 rings (SSSR count). The molecule has 1 N–H and O–H groups in total. The maximum atomic E-state index is 13.1. The fourth-order valence-electron chi connectivity index (χ4n) is 3.48. The number of hydrogen-bond donors (Lipinski definition) is 1.